The molecule has 5 nitrogen and oxygen atoms in total. The molecule has 3 saturated carbocycles. The molecule has 6 heteroatoms. The smallest absolute Gasteiger partial charge is 0.309 e. The Morgan fingerprint density at radius 1 is 1.00 bits per heavy atom. The van der Waals surface area contributed by atoms with Crippen LogP contribution in [0.2, 0.25) is 0 Å². The van der Waals surface area contributed by atoms with Crippen LogP contribution in [0.3, 0.4) is 0 Å². The minimum absolute atomic E-state index is 0.000139. The van der Waals surface area contributed by atoms with E-state index in [1.54, 1.807) is 0 Å². The van der Waals surface area contributed by atoms with Gasteiger partial charge in [0.15, 0.2) is 5.13 Å². The molecular formula is C19H20N2O3S. The van der Waals surface area contributed by atoms with Gasteiger partial charge in [-0.15, -0.1) is 11.3 Å². The molecule has 0 atom stereocenters. The van der Waals surface area contributed by atoms with Crippen molar-refractivity contribution in [2.45, 2.75) is 38.5 Å². The zero-order valence-corrected chi connectivity index (χ0v) is 14.6. The molecule has 1 aromatic carbocycles. The lowest BCUT2D eigenvalue weighted by atomic mass is 9.53. The molecule has 1 aromatic heterocycles. The van der Waals surface area contributed by atoms with E-state index in [4.69, 9.17) is 0 Å². The van der Waals surface area contributed by atoms with E-state index in [9.17, 15) is 14.7 Å². The normalized spacial score (nSPS) is 27.8. The molecule has 3 aliphatic carbocycles. The van der Waals surface area contributed by atoms with Crippen molar-refractivity contribution in [1.29, 1.82) is 0 Å². The quantitative estimate of drug-likeness (QED) is 0.861. The monoisotopic (exact) mass is 356 g/mol. The molecule has 130 valence electrons. The molecule has 3 aliphatic rings. The number of nitrogens with zero attached hydrogens (tertiary/aromatic N) is 1. The third-order valence-electron chi connectivity index (χ3n) is 5.98. The third-order valence-corrected chi connectivity index (χ3v) is 6.73. The van der Waals surface area contributed by atoms with Crippen LogP contribution in [0.15, 0.2) is 35.7 Å². The highest BCUT2D eigenvalue weighted by atomic mass is 32.1. The number of carbonyl (C=O) groups is 2. The number of benzene rings is 1. The molecule has 2 aromatic rings. The van der Waals surface area contributed by atoms with E-state index >= 15 is 0 Å². The number of nitrogens with one attached hydrogen (secondary N) is 1. The SMILES string of the molecule is O=C(O)C12CCC(C(=O)Nc3nc(-c4ccccc4)cs3)(CC1)CC2. The molecule has 2 bridgehead atoms. The standard InChI is InChI=1S/C19H20N2O3S/c22-15(18-6-9-19(10-7-18,11-8-18)16(23)24)21-17-20-14(12-25-17)13-4-2-1-3-5-13/h1-5,12H,6-11H2,(H,23,24)(H,20,21,22). The van der Waals surface area contributed by atoms with E-state index in [2.05, 4.69) is 10.3 Å². The highest BCUT2D eigenvalue weighted by molar-refractivity contribution is 7.14. The first kappa shape index (κ1) is 16.3. The summed E-state index contributed by atoms with van der Waals surface area (Å²) in [5.41, 5.74) is 0.869. The largest absolute Gasteiger partial charge is 0.481 e. The van der Waals surface area contributed by atoms with E-state index in [1.165, 1.54) is 11.3 Å². The first-order chi connectivity index (χ1) is 12.0. The summed E-state index contributed by atoms with van der Waals surface area (Å²) >= 11 is 1.43. The number of carbonyl (C=O) groups excluding carboxylic acids is 1. The molecule has 2 N–H and O–H groups in total. The second kappa shape index (κ2) is 5.95. The maximum absolute atomic E-state index is 12.9. The van der Waals surface area contributed by atoms with Gasteiger partial charge in [0.1, 0.15) is 0 Å². The number of aliphatic carboxylic acids is 1. The number of fused-ring (bicyclic) bond motifs is 3. The van der Waals surface area contributed by atoms with Crippen LogP contribution in [0.5, 0.6) is 0 Å². The number of aromatic nitrogens is 1. The number of hydrogen-bond acceptors (Lipinski definition) is 4. The van der Waals surface area contributed by atoms with Crippen molar-refractivity contribution < 1.29 is 14.7 Å². The summed E-state index contributed by atoms with van der Waals surface area (Å²) in [6, 6.07) is 9.87. The summed E-state index contributed by atoms with van der Waals surface area (Å²) in [6.07, 6.45) is 3.76. The summed E-state index contributed by atoms with van der Waals surface area (Å²) in [6.45, 7) is 0. The Bertz CT molecular complexity index is 791. The Hall–Kier alpha value is -2.21. The minimum Gasteiger partial charge on any atom is -0.481 e. The number of rotatable bonds is 4. The second-order valence-corrected chi connectivity index (χ2v) is 8.08. The Morgan fingerprint density at radius 2 is 1.60 bits per heavy atom. The van der Waals surface area contributed by atoms with Crippen molar-refractivity contribution in [3.63, 3.8) is 0 Å². The molecule has 25 heavy (non-hydrogen) atoms. The van der Waals surface area contributed by atoms with Gasteiger partial charge in [0.25, 0.3) is 0 Å². The lowest BCUT2D eigenvalue weighted by Crippen LogP contribution is -2.50. The molecular weight excluding hydrogens is 336 g/mol. The third kappa shape index (κ3) is 2.74. The lowest BCUT2D eigenvalue weighted by molar-refractivity contribution is -0.162. The zero-order chi connectivity index (χ0) is 17.5. The fourth-order valence-corrected chi connectivity index (χ4v) is 4.86. The highest BCUT2D eigenvalue weighted by Gasteiger charge is 2.55. The first-order valence-electron chi connectivity index (χ1n) is 8.59. The molecule has 5 rings (SSSR count). The topological polar surface area (TPSA) is 79.3 Å². The van der Waals surface area contributed by atoms with Crippen LogP contribution in [0.4, 0.5) is 5.13 Å². The average molecular weight is 356 g/mol. The number of thiazole rings is 1. The van der Waals surface area contributed by atoms with Crippen LogP contribution in [-0.4, -0.2) is 22.0 Å². The van der Waals surface area contributed by atoms with Crippen LogP contribution < -0.4 is 5.32 Å². The van der Waals surface area contributed by atoms with E-state index < -0.39 is 16.8 Å². The van der Waals surface area contributed by atoms with E-state index in [0.717, 1.165) is 11.3 Å². The maximum Gasteiger partial charge on any atom is 0.309 e. The van der Waals surface area contributed by atoms with E-state index in [-0.39, 0.29) is 5.91 Å². The number of anilines is 1. The second-order valence-electron chi connectivity index (χ2n) is 7.22. The van der Waals surface area contributed by atoms with E-state index in [0.29, 0.717) is 43.7 Å². The van der Waals surface area contributed by atoms with Gasteiger partial charge in [-0.1, -0.05) is 30.3 Å². The molecule has 0 unspecified atom stereocenters. The van der Waals surface area contributed by atoms with Gasteiger partial charge in [-0.25, -0.2) is 4.98 Å². The Labute approximate surface area is 150 Å². The summed E-state index contributed by atoms with van der Waals surface area (Å²) in [5, 5.41) is 15.0. The van der Waals surface area contributed by atoms with Gasteiger partial charge in [-0.3, -0.25) is 9.59 Å². The fourth-order valence-electron chi connectivity index (χ4n) is 4.15. The number of carboxylic acids is 1. The summed E-state index contributed by atoms with van der Waals surface area (Å²) in [4.78, 5) is 28.9. The average Bonchev–Trinajstić information content (AvgIpc) is 3.12. The Balaban J connectivity index is 1.47. The fraction of sp³-hybridized carbons (Fsp3) is 0.421. The van der Waals surface area contributed by atoms with Gasteiger partial charge in [0, 0.05) is 16.4 Å². The molecule has 1 heterocycles. The van der Waals surface area contributed by atoms with Gasteiger partial charge in [0.2, 0.25) is 5.91 Å². The van der Waals surface area contributed by atoms with Crippen molar-refractivity contribution in [3.8, 4) is 11.3 Å². The van der Waals surface area contributed by atoms with Crippen molar-refractivity contribution in [2.75, 3.05) is 5.32 Å². The van der Waals surface area contributed by atoms with Crippen molar-refractivity contribution in [1.82, 2.24) is 4.98 Å². The molecule has 0 aliphatic heterocycles. The molecule has 0 radical (unpaired) electrons. The zero-order valence-electron chi connectivity index (χ0n) is 13.8. The minimum atomic E-state index is -0.700. The van der Waals surface area contributed by atoms with Crippen LogP contribution >= 0.6 is 11.3 Å². The summed E-state index contributed by atoms with van der Waals surface area (Å²) < 4.78 is 0. The van der Waals surface area contributed by atoms with Crippen LogP contribution in [0, 0.1) is 10.8 Å². The summed E-state index contributed by atoms with van der Waals surface area (Å²) in [5.74, 6) is -0.700. The van der Waals surface area contributed by atoms with Crippen molar-refractivity contribution in [2.24, 2.45) is 10.8 Å². The molecule has 3 fully saturated rings. The first-order valence-corrected chi connectivity index (χ1v) is 9.47. The van der Waals surface area contributed by atoms with Crippen molar-refractivity contribution >= 4 is 28.3 Å². The van der Waals surface area contributed by atoms with Crippen molar-refractivity contribution in [3.05, 3.63) is 35.7 Å². The van der Waals surface area contributed by atoms with Crippen LogP contribution in [-0.2, 0) is 9.59 Å². The highest BCUT2D eigenvalue weighted by Crippen LogP contribution is 2.57. The van der Waals surface area contributed by atoms with Gasteiger partial charge in [-0.2, -0.15) is 0 Å². The summed E-state index contributed by atoms with van der Waals surface area (Å²) in [7, 11) is 0. The number of amides is 1. The maximum atomic E-state index is 12.9. The van der Waals surface area contributed by atoms with Gasteiger partial charge in [0.05, 0.1) is 11.1 Å². The molecule has 0 saturated heterocycles. The van der Waals surface area contributed by atoms with E-state index in [1.807, 2.05) is 35.7 Å². The van der Waals surface area contributed by atoms with Gasteiger partial charge in [-0.05, 0) is 38.5 Å². The van der Waals surface area contributed by atoms with Gasteiger partial charge >= 0.3 is 5.97 Å². The predicted octanol–water partition coefficient (Wildman–Crippen LogP) is 4.17. The molecule has 1 amide bonds. The number of hydrogen-bond donors (Lipinski definition) is 2. The van der Waals surface area contributed by atoms with Crippen LogP contribution in [0.25, 0.3) is 11.3 Å². The van der Waals surface area contributed by atoms with Gasteiger partial charge < -0.3 is 10.4 Å². The number of carboxylic acid groups (broad SMARTS) is 1. The van der Waals surface area contributed by atoms with Crippen LogP contribution in [0.1, 0.15) is 38.5 Å². The Kier molecular flexibility index (Phi) is 3.87. The molecule has 0 spiro atoms. The Morgan fingerprint density at radius 3 is 2.20 bits per heavy atom. The lowest BCUT2D eigenvalue weighted by Gasteiger charge is -2.50. The predicted molar refractivity (Wildman–Crippen MR) is 96.4 cm³/mol.